The van der Waals surface area contributed by atoms with Gasteiger partial charge >= 0.3 is 0 Å². The van der Waals surface area contributed by atoms with Crippen LogP contribution in [0.15, 0.2) is 89.5 Å². The van der Waals surface area contributed by atoms with Crippen molar-refractivity contribution in [2.45, 2.75) is 5.66 Å². The Morgan fingerprint density at radius 2 is 1.26 bits per heavy atom. The molecule has 0 radical (unpaired) electrons. The molecule has 0 aromatic heterocycles. The van der Waals surface area contributed by atoms with E-state index >= 15 is 0 Å². The minimum atomic E-state index is -2.95. The molecule has 0 N–H and O–H groups in total. The van der Waals surface area contributed by atoms with Gasteiger partial charge in [0.2, 0.25) is 0 Å². The summed E-state index contributed by atoms with van der Waals surface area (Å²) < 4.78 is 0. The van der Waals surface area contributed by atoms with E-state index in [1.807, 2.05) is 12.1 Å². The summed E-state index contributed by atoms with van der Waals surface area (Å²) in [5.74, 6) is 5.04. The van der Waals surface area contributed by atoms with E-state index in [0.29, 0.717) is 10.6 Å². The van der Waals surface area contributed by atoms with Crippen molar-refractivity contribution >= 4 is 41.0 Å². The molecule has 1 unspecified atom stereocenters. The Morgan fingerprint density at radius 3 is 1.67 bits per heavy atom. The molecule has 0 amide bonds. The molecule has 0 heterocycles. The average molecular weight is 372 g/mol. The molecule has 0 spiro atoms. The van der Waals surface area contributed by atoms with E-state index < -0.39 is 12.5 Å². The Kier molecular flexibility index (Phi) is 5.32. The summed E-state index contributed by atoms with van der Waals surface area (Å²) in [4.78, 5) is 46.8. The SMILES string of the molecule is O=C=C1C=CC(P(=C=O)(c2ccccc2)c2ccccc2)C(=C=O)C1=C=O. The minimum absolute atomic E-state index is 0.0739. The van der Waals surface area contributed by atoms with Crippen LogP contribution in [0, 0.1) is 0 Å². The molecule has 2 aromatic carbocycles. The first-order valence-electron chi connectivity index (χ1n) is 8.06. The summed E-state index contributed by atoms with van der Waals surface area (Å²) in [6.45, 7) is -2.95. The van der Waals surface area contributed by atoms with Gasteiger partial charge in [0.1, 0.15) is 23.5 Å². The summed E-state index contributed by atoms with van der Waals surface area (Å²) in [5.41, 5.74) is 1.08. The average Bonchev–Trinajstić information content (AvgIpc) is 2.75. The van der Waals surface area contributed by atoms with Crippen LogP contribution in [0.4, 0.5) is 0 Å². The van der Waals surface area contributed by atoms with Crippen LogP contribution >= 0.6 is 6.89 Å². The van der Waals surface area contributed by atoms with Gasteiger partial charge in [0.05, 0.1) is 22.4 Å². The number of hydrogen-bond acceptors (Lipinski definition) is 4. The normalized spacial score (nSPS) is 16.1. The third-order valence-corrected chi connectivity index (χ3v) is 8.27. The zero-order chi connectivity index (χ0) is 19.3. The Balaban J connectivity index is 2.44. The van der Waals surface area contributed by atoms with Crippen LogP contribution in [0.2, 0.25) is 0 Å². The van der Waals surface area contributed by atoms with Crippen molar-refractivity contribution < 1.29 is 19.2 Å². The van der Waals surface area contributed by atoms with Crippen LogP contribution in [0.3, 0.4) is 0 Å². The largest absolute Gasteiger partial charge is 0.234 e. The van der Waals surface area contributed by atoms with Gasteiger partial charge in [0, 0.05) is 6.89 Å². The first kappa shape index (κ1) is 18.3. The molecule has 0 bridgehead atoms. The molecular weight excluding hydrogens is 359 g/mol. The lowest BCUT2D eigenvalue weighted by atomic mass is 9.93. The second-order valence-corrected chi connectivity index (χ2v) is 9.01. The summed E-state index contributed by atoms with van der Waals surface area (Å²) in [5, 5.41) is 1.41. The van der Waals surface area contributed by atoms with E-state index in [1.54, 1.807) is 72.4 Å². The molecule has 1 aliphatic carbocycles. The van der Waals surface area contributed by atoms with Crippen molar-refractivity contribution in [2.75, 3.05) is 0 Å². The number of carbonyl (C=O) groups excluding carboxylic acids is 4. The maximum atomic E-state index is 12.5. The van der Waals surface area contributed by atoms with Crippen LogP contribution in [-0.4, -0.2) is 29.1 Å². The summed E-state index contributed by atoms with van der Waals surface area (Å²) in [7, 11) is 0. The highest BCUT2D eigenvalue weighted by Gasteiger charge is 2.39. The molecule has 2 aromatic rings. The Bertz CT molecular complexity index is 1090. The fraction of sp³-hybridized carbons (Fsp3) is 0.0455. The van der Waals surface area contributed by atoms with E-state index in [-0.39, 0.29) is 16.7 Å². The van der Waals surface area contributed by atoms with E-state index in [9.17, 15) is 19.2 Å². The highest BCUT2D eigenvalue weighted by atomic mass is 31.2. The monoisotopic (exact) mass is 372 g/mol. The molecule has 1 atom stereocenters. The van der Waals surface area contributed by atoms with Gasteiger partial charge in [0.25, 0.3) is 0 Å². The van der Waals surface area contributed by atoms with Crippen molar-refractivity contribution in [2.24, 2.45) is 0 Å². The highest BCUT2D eigenvalue weighted by Crippen LogP contribution is 2.54. The highest BCUT2D eigenvalue weighted by molar-refractivity contribution is 7.88. The second-order valence-electron chi connectivity index (χ2n) is 5.80. The van der Waals surface area contributed by atoms with E-state index in [4.69, 9.17) is 0 Å². The lowest BCUT2D eigenvalue weighted by Crippen LogP contribution is -2.29. The summed E-state index contributed by atoms with van der Waals surface area (Å²) in [6, 6.07) is 18.1. The van der Waals surface area contributed by atoms with E-state index in [0.717, 1.165) is 0 Å². The van der Waals surface area contributed by atoms with Crippen molar-refractivity contribution in [3.8, 4) is 0 Å². The quantitative estimate of drug-likeness (QED) is 0.610. The Morgan fingerprint density at radius 1 is 0.704 bits per heavy atom. The van der Waals surface area contributed by atoms with Gasteiger partial charge < -0.3 is 0 Å². The van der Waals surface area contributed by atoms with Gasteiger partial charge in [0.15, 0.2) is 0 Å². The fourth-order valence-electron chi connectivity index (χ4n) is 3.25. The van der Waals surface area contributed by atoms with E-state index in [1.165, 1.54) is 6.08 Å². The zero-order valence-electron chi connectivity index (χ0n) is 14.1. The van der Waals surface area contributed by atoms with Gasteiger partial charge in [-0.1, -0.05) is 66.7 Å². The molecule has 0 aliphatic heterocycles. The molecule has 130 valence electrons. The van der Waals surface area contributed by atoms with Crippen LogP contribution in [-0.2, 0) is 19.2 Å². The van der Waals surface area contributed by atoms with Crippen molar-refractivity contribution in [3.63, 3.8) is 0 Å². The van der Waals surface area contributed by atoms with Crippen LogP contribution < -0.4 is 10.6 Å². The first-order valence-corrected chi connectivity index (χ1v) is 9.92. The van der Waals surface area contributed by atoms with Crippen molar-refractivity contribution in [1.29, 1.82) is 0 Å². The van der Waals surface area contributed by atoms with Gasteiger partial charge in [-0.3, -0.25) is 0 Å². The van der Waals surface area contributed by atoms with E-state index in [2.05, 4.69) is 5.66 Å². The number of rotatable bonds is 3. The third kappa shape index (κ3) is 2.97. The third-order valence-electron chi connectivity index (χ3n) is 4.49. The predicted molar refractivity (Wildman–Crippen MR) is 105 cm³/mol. The molecular formula is C22H13O4P. The Hall–Kier alpha value is -3.46. The van der Waals surface area contributed by atoms with Crippen LogP contribution in [0.1, 0.15) is 0 Å². The molecule has 3 rings (SSSR count). The number of benzene rings is 2. The molecule has 1 aliphatic rings. The Labute approximate surface area is 155 Å². The lowest BCUT2D eigenvalue weighted by Gasteiger charge is -2.32. The maximum Gasteiger partial charge on any atom is 0.134 e. The number of hydrogen-bond donors (Lipinski definition) is 0. The van der Waals surface area contributed by atoms with Gasteiger partial charge in [-0.15, -0.1) is 0 Å². The second kappa shape index (κ2) is 7.83. The van der Waals surface area contributed by atoms with Crippen molar-refractivity contribution in [1.82, 2.24) is 0 Å². The molecule has 5 heteroatoms. The predicted octanol–water partition coefficient (Wildman–Crippen LogP) is 1.93. The summed E-state index contributed by atoms with van der Waals surface area (Å²) in [6.07, 6.45) is 2.98. The number of allylic oxidation sites excluding steroid dienone is 5. The molecule has 27 heavy (non-hydrogen) atoms. The fourth-order valence-corrected chi connectivity index (χ4v) is 6.71. The van der Waals surface area contributed by atoms with Crippen molar-refractivity contribution in [3.05, 3.63) is 89.5 Å². The summed E-state index contributed by atoms with van der Waals surface area (Å²) >= 11 is 0. The molecule has 0 saturated heterocycles. The first-order chi connectivity index (χ1) is 13.2. The maximum absolute atomic E-state index is 12.5. The standard InChI is InChI=1S/C22H13O4P/c23-13-17-11-12-22(21(15-25)20(17)14-24)27(16-26,18-7-3-1-4-8-18)19-9-5-2-6-10-19/h1-12,22H. The topological polar surface area (TPSA) is 68.3 Å². The van der Waals surface area contributed by atoms with Gasteiger partial charge in [-0.25, -0.2) is 19.2 Å². The molecule has 0 saturated carbocycles. The zero-order valence-corrected chi connectivity index (χ0v) is 15.0. The molecule has 4 nitrogen and oxygen atoms in total. The van der Waals surface area contributed by atoms with Crippen LogP contribution in [0.5, 0.6) is 0 Å². The van der Waals surface area contributed by atoms with Gasteiger partial charge in [-0.05, 0) is 16.7 Å². The molecule has 0 fully saturated rings. The smallest absolute Gasteiger partial charge is 0.134 e. The van der Waals surface area contributed by atoms with Gasteiger partial charge in [-0.2, -0.15) is 0 Å². The minimum Gasteiger partial charge on any atom is -0.234 e. The van der Waals surface area contributed by atoms with Crippen LogP contribution in [0.25, 0.3) is 0 Å². The lowest BCUT2D eigenvalue weighted by molar-refractivity contribution is 0.562.